The van der Waals surface area contributed by atoms with E-state index in [9.17, 15) is 0 Å². The third-order valence-electron chi connectivity index (χ3n) is 3.31. The summed E-state index contributed by atoms with van der Waals surface area (Å²) >= 11 is 0. The van der Waals surface area contributed by atoms with Crippen LogP contribution in [0.15, 0.2) is 18.5 Å². The molecule has 0 unspecified atom stereocenters. The molecule has 0 aromatic carbocycles. The van der Waals surface area contributed by atoms with Crippen LogP contribution in [-0.4, -0.2) is 20.8 Å². The van der Waals surface area contributed by atoms with Crippen LogP contribution in [0.4, 0.5) is 0 Å². The van der Waals surface area contributed by atoms with Gasteiger partial charge in [0.2, 0.25) is 0 Å². The predicted molar refractivity (Wildman–Crippen MR) is 77.9 cm³/mol. The first-order valence-corrected chi connectivity index (χ1v) is 6.67. The Bertz CT molecular complexity index is 570. The summed E-state index contributed by atoms with van der Waals surface area (Å²) in [6.45, 7) is 9.27. The Kier molecular flexibility index (Phi) is 4.00. The summed E-state index contributed by atoms with van der Waals surface area (Å²) in [6, 6.07) is 2.67. The zero-order valence-corrected chi connectivity index (χ0v) is 12.4. The molecule has 2 rings (SSSR count). The molecule has 19 heavy (non-hydrogen) atoms. The Labute approximate surface area is 114 Å². The molecule has 0 saturated carbocycles. The van der Waals surface area contributed by atoms with Gasteiger partial charge in [-0.15, -0.1) is 0 Å². The van der Waals surface area contributed by atoms with Crippen LogP contribution in [0.1, 0.15) is 30.8 Å². The lowest BCUT2D eigenvalue weighted by atomic mass is 10.0. The molecule has 0 fully saturated rings. The standard InChI is InChI=1S/C15H22N4/c1-10(2)17-8-13-6-14(9-16-7-13)15-11(3)18-19(5)12(15)4/h6-7,9-10,17H,8H2,1-5H3. The molecule has 4 heteroatoms. The minimum absolute atomic E-state index is 0.477. The van der Waals surface area contributed by atoms with Crippen LogP contribution < -0.4 is 5.32 Å². The fraction of sp³-hybridized carbons (Fsp3) is 0.467. The Balaban J connectivity index is 2.32. The lowest BCUT2D eigenvalue weighted by molar-refractivity contribution is 0.588. The first-order chi connectivity index (χ1) is 8.99. The van der Waals surface area contributed by atoms with E-state index in [-0.39, 0.29) is 0 Å². The highest BCUT2D eigenvalue weighted by molar-refractivity contribution is 5.68. The Morgan fingerprint density at radius 2 is 2.00 bits per heavy atom. The van der Waals surface area contributed by atoms with Crippen LogP contribution in [0, 0.1) is 13.8 Å². The molecule has 0 atom stereocenters. The molecule has 1 N–H and O–H groups in total. The van der Waals surface area contributed by atoms with Gasteiger partial charge in [-0.25, -0.2) is 0 Å². The summed E-state index contributed by atoms with van der Waals surface area (Å²) in [7, 11) is 1.98. The van der Waals surface area contributed by atoms with E-state index in [0.29, 0.717) is 6.04 Å². The molecule has 0 amide bonds. The van der Waals surface area contributed by atoms with E-state index in [0.717, 1.165) is 17.8 Å². The van der Waals surface area contributed by atoms with Gasteiger partial charge < -0.3 is 5.32 Å². The molecule has 4 nitrogen and oxygen atoms in total. The normalized spacial score (nSPS) is 11.3. The largest absolute Gasteiger partial charge is 0.310 e. The van der Waals surface area contributed by atoms with Crippen molar-refractivity contribution < 1.29 is 0 Å². The molecule has 0 spiro atoms. The molecule has 0 saturated heterocycles. The van der Waals surface area contributed by atoms with Gasteiger partial charge in [-0.2, -0.15) is 5.10 Å². The maximum atomic E-state index is 4.46. The van der Waals surface area contributed by atoms with E-state index < -0.39 is 0 Å². The quantitative estimate of drug-likeness (QED) is 0.916. The predicted octanol–water partition coefficient (Wildman–Crippen LogP) is 2.60. The second-order valence-corrected chi connectivity index (χ2v) is 5.29. The number of hydrogen-bond acceptors (Lipinski definition) is 3. The second-order valence-electron chi connectivity index (χ2n) is 5.29. The van der Waals surface area contributed by atoms with E-state index in [4.69, 9.17) is 0 Å². The molecule has 0 aliphatic heterocycles. The summed E-state index contributed by atoms with van der Waals surface area (Å²) in [6.07, 6.45) is 3.83. The van der Waals surface area contributed by atoms with Crippen LogP contribution in [0.2, 0.25) is 0 Å². The number of nitrogens with one attached hydrogen (secondary N) is 1. The average Bonchev–Trinajstić information content (AvgIpc) is 2.61. The molecule has 2 heterocycles. The fourth-order valence-electron chi connectivity index (χ4n) is 2.23. The van der Waals surface area contributed by atoms with Gasteiger partial charge in [-0.3, -0.25) is 9.67 Å². The van der Waals surface area contributed by atoms with E-state index in [1.165, 1.54) is 16.8 Å². The summed E-state index contributed by atoms with van der Waals surface area (Å²) in [5.41, 5.74) is 5.77. The van der Waals surface area contributed by atoms with Crippen LogP contribution >= 0.6 is 0 Å². The zero-order valence-electron chi connectivity index (χ0n) is 12.4. The Morgan fingerprint density at radius 3 is 2.58 bits per heavy atom. The Hall–Kier alpha value is -1.68. The minimum atomic E-state index is 0.477. The number of hydrogen-bond donors (Lipinski definition) is 1. The third kappa shape index (κ3) is 3.01. The zero-order chi connectivity index (χ0) is 14.0. The van der Waals surface area contributed by atoms with Gasteiger partial charge in [0.25, 0.3) is 0 Å². The molecule has 0 radical (unpaired) electrons. The highest BCUT2D eigenvalue weighted by Gasteiger charge is 2.12. The maximum absolute atomic E-state index is 4.46. The van der Waals surface area contributed by atoms with Crippen molar-refractivity contribution in [2.24, 2.45) is 7.05 Å². The van der Waals surface area contributed by atoms with E-state index >= 15 is 0 Å². The number of aryl methyl sites for hydroxylation is 2. The van der Waals surface area contributed by atoms with Crippen molar-refractivity contribution in [2.75, 3.05) is 0 Å². The fourth-order valence-corrected chi connectivity index (χ4v) is 2.23. The van der Waals surface area contributed by atoms with Gasteiger partial charge in [0, 0.05) is 48.8 Å². The maximum Gasteiger partial charge on any atom is 0.0675 e. The van der Waals surface area contributed by atoms with Gasteiger partial charge in [-0.05, 0) is 25.5 Å². The highest BCUT2D eigenvalue weighted by Crippen LogP contribution is 2.26. The minimum Gasteiger partial charge on any atom is -0.310 e. The number of pyridine rings is 1. The second kappa shape index (κ2) is 5.53. The summed E-state index contributed by atoms with van der Waals surface area (Å²) in [5.74, 6) is 0. The van der Waals surface area contributed by atoms with Gasteiger partial charge in [0.1, 0.15) is 0 Å². The van der Waals surface area contributed by atoms with Crippen molar-refractivity contribution in [3.63, 3.8) is 0 Å². The van der Waals surface area contributed by atoms with Crippen LogP contribution in [-0.2, 0) is 13.6 Å². The highest BCUT2D eigenvalue weighted by atomic mass is 15.3. The van der Waals surface area contributed by atoms with Crippen LogP contribution in [0.25, 0.3) is 11.1 Å². The number of nitrogens with zero attached hydrogens (tertiary/aromatic N) is 3. The lowest BCUT2D eigenvalue weighted by Gasteiger charge is -2.09. The van der Waals surface area contributed by atoms with Crippen molar-refractivity contribution in [1.82, 2.24) is 20.1 Å². The van der Waals surface area contributed by atoms with Gasteiger partial charge in [-0.1, -0.05) is 13.8 Å². The molecule has 2 aromatic rings. The van der Waals surface area contributed by atoms with Crippen molar-refractivity contribution in [3.8, 4) is 11.1 Å². The van der Waals surface area contributed by atoms with Crippen molar-refractivity contribution in [1.29, 1.82) is 0 Å². The summed E-state index contributed by atoms with van der Waals surface area (Å²) in [4.78, 5) is 4.35. The average molecular weight is 258 g/mol. The number of aromatic nitrogens is 3. The smallest absolute Gasteiger partial charge is 0.0675 e. The molecular weight excluding hydrogens is 236 g/mol. The van der Waals surface area contributed by atoms with E-state index in [1.807, 2.05) is 31.0 Å². The third-order valence-corrected chi connectivity index (χ3v) is 3.31. The first-order valence-electron chi connectivity index (χ1n) is 6.67. The van der Waals surface area contributed by atoms with Crippen LogP contribution in [0.5, 0.6) is 0 Å². The molecule has 0 bridgehead atoms. The van der Waals surface area contributed by atoms with Crippen molar-refractivity contribution in [3.05, 3.63) is 35.4 Å². The van der Waals surface area contributed by atoms with Gasteiger partial charge in [0.05, 0.1) is 5.69 Å². The van der Waals surface area contributed by atoms with Crippen LogP contribution in [0.3, 0.4) is 0 Å². The number of rotatable bonds is 4. The monoisotopic (exact) mass is 258 g/mol. The summed E-state index contributed by atoms with van der Waals surface area (Å²) < 4.78 is 1.92. The first kappa shape index (κ1) is 13.7. The molecular formula is C15H22N4. The van der Waals surface area contributed by atoms with Gasteiger partial charge in [0.15, 0.2) is 0 Å². The van der Waals surface area contributed by atoms with E-state index in [1.54, 1.807) is 0 Å². The Morgan fingerprint density at radius 1 is 1.26 bits per heavy atom. The van der Waals surface area contributed by atoms with E-state index in [2.05, 4.69) is 42.2 Å². The molecule has 102 valence electrons. The van der Waals surface area contributed by atoms with Crippen molar-refractivity contribution >= 4 is 0 Å². The molecule has 2 aromatic heterocycles. The molecule has 0 aliphatic carbocycles. The lowest BCUT2D eigenvalue weighted by Crippen LogP contribution is -2.21. The van der Waals surface area contributed by atoms with Crippen molar-refractivity contribution in [2.45, 2.75) is 40.3 Å². The SMILES string of the molecule is Cc1nn(C)c(C)c1-c1cncc(CNC(C)C)c1. The van der Waals surface area contributed by atoms with Gasteiger partial charge >= 0.3 is 0 Å². The summed E-state index contributed by atoms with van der Waals surface area (Å²) in [5, 5.41) is 7.88. The molecule has 0 aliphatic rings. The topological polar surface area (TPSA) is 42.7 Å².